The third kappa shape index (κ3) is 3.79. The number of nitrogens with one attached hydrogen (secondary N) is 1. The Balaban J connectivity index is 2.11. The van der Waals surface area contributed by atoms with Gasteiger partial charge in [-0.2, -0.15) is 0 Å². The van der Waals surface area contributed by atoms with Crippen molar-refractivity contribution in [2.24, 2.45) is 11.8 Å². The summed E-state index contributed by atoms with van der Waals surface area (Å²) in [5.41, 5.74) is 2.65. The van der Waals surface area contributed by atoms with E-state index in [1.54, 1.807) is 0 Å². The first-order valence-electron chi connectivity index (χ1n) is 7.89. The van der Waals surface area contributed by atoms with Crippen molar-refractivity contribution < 1.29 is 0 Å². The summed E-state index contributed by atoms with van der Waals surface area (Å²) in [6.07, 6.45) is 10.7. The van der Waals surface area contributed by atoms with Crippen LogP contribution >= 0.6 is 0 Å². The highest BCUT2D eigenvalue weighted by Gasteiger charge is 2.30. The Bertz CT molecular complexity index is 389. The molecule has 3 unspecified atom stereocenters. The Morgan fingerprint density at radius 3 is 2.79 bits per heavy atom. The highest BCUT2D eigenvalue weighted by Crippen LogP contribution is 2.40. The van der Waals surface area contributed by atoms with Crippen LogP contribution in [-0.4, -0.2) is 11.5 Å². The van der Waals surface area contributed by atoms with Gasteiger partial charge in [0.05, 0.1) is 0 Å². The number of pyridine rings is 1. The van der Waals surface area contributed by atoms with Crippen LogP contribution in [0.5, 0.6) is 0 Å². The Morgan fingerprint density at radius 2 is 2.16 bits per heavy atom. The molecule has 0 saturated heterocycles. The van der Waals surface area contributed by atoms with Crippen molar-refractivity contribution in [1.82, 2.24) is 10.3 Å². The molecule has 0 spiro atoms. The second-order valence-corrected chi connectivity index (χ2v) is 6.07. The fourth-order valence-corrected chi connectivity index (χ4v) is 3.39. The fraction of sp³-hybridized carbons (Fsp3) is 0.706. The smallest absolute Gasteiger partial charge is 0.0364 e. The second-order valence-electron chi connectivity index (χ2n) is 6.07. The zero-order chi connectivity index (χ0) is 13.7. The van der Waals surface area contributed by atoms with Crippen molar-refractivity contribution in [3.8, 4) is 0 Å². The Morgan fingerprint density at radius 1 is 1.32 bits per heavy atom. The number of nitrogens with zero attached hydrogens (tertiary/aromatic N) is 1. The monoisotopic (exact) mass is 260 g/mol. The van der Waals surface area contributed by atoms with Gasteiger partial charge in [0.15, 0.2) is 0 Å². The van der Waals surface area contributed by atoms with E-state index in [1.807, 2.05) is 6.20 Å². The summed E-state index contributed by atoms with van der Waals surface area (Å²) in [6, 6.07) is 2.81. The molecule has 19 heavy (non-hydrogen) atoms. The van der Waals surface area contributed by atoms with Crippen LogP contribution in [0.15, 0.2) is 18.5 Å². The van der Waals surface area contributed by atoms with Gasteiger partial charge in [0, 0.05) is 18.4 Å². The van der Waals surface area contributed by atoms with Crippen LogP contribution in [0.2, 0.25) is 0 Å². The van der Waals surface area contributed by atoms with E-state index < -0.39 is 0 Å². The largest absolute Gasteiger partial charge is 0.310 e. The van der Waals surface area contributed by atoms with Gasteiger partial charge >= 0.3 is 0 Å². The number of hydrogen-bond acceptors (Lipinski definition) is 2. The summed E-state index contributed by atoms with van der Waals surface area (Å²) >= 11 is 0. The Hall–Kier alpha value is -0.890. The molecule has 0 bridgehead atoms. The highest BCUT2D eigenvalue weighted by atomic mass is 14.9. The third-order valence-corrected chi connectivity index (χ3v) is 4.50. The normalized spacial score (nSPS) is 24.6. The molecule has 106 valence electrons. The molecule has 1 saturated carbocycles. The van der Waals surface area contributed by atoms with Crippen molar-refractivity contribution >= 4 is 0 Å². The summed E-state index contributed by atoms with van der Waals surface area (Å²) in [5.74, 6) is 1.73. The average molecular weight is 260 g/mol. The van der Waals surface area contributed by atoms with Gasteiger partial charge in [-0.1, -0.05) is 32.8 Å². The lowest BCUT2D eigenvalue weighted by atomic mass is 9.90. The Kier molecular flexibility index (Phi) is 5.38. The lowest BCUT2D eigenvalue weighted by molar-refractivity contribution is 0.353. The van der Waals surface area contributed by atoms with E-state index in [0.29, 0.717) is 6.04 Å². The maximum Gasteiger partial charge on any atom is 0.0364 e. The summed E-state index contributed by atoms with van der Waals surface area (Å²) in [5, 5.41) is 3.76. The molecular weight excluding hydrogens is 232 g/mol. The zero-order valence-corrected chi connectivity index (χ0v) is 12.7. The zero-order valence-electron chi connectivity index (χ0n) is 12.7. The van der Waals surface area contributed by atoms with Gasteiger partial charge < -0.3 is 5.32 Å². The number of aromatic nitrogens is 1. The lowest BCUT2D eigenvalue weighted by Gasteiger charge is -2.25. The summed E-state index contributed by atoms with van der Waals surface area (Å²) in [7, 11) is 0. The summed E-state index contributed by atoms with van der Waals surface area (Å²) in [4.78, 5) is 4.38. The first kappa shape index (κ1) is 14.5. The van der Waals surface area contributed by atoms with Crippen molar-refractivity contribution in [3.05, 3.63) is 29.6 Å². The van der Waals surface area contributed by atoms with E-state index >= 15 is 0 Å². The maximum atomic E-state index is 4.38. The Labute approximate surface area is 118 Å². The average Bonchev–Trinajstić information content (AvgIpc) is 2.88. The minimum Gasteiger partial charge on any atom is -0.310 e. The summed E-state index contributed by atoms with van der Waals surface area (Å²) in [6.45, 7) is 7.81. The first-order chi connectivity index (χ1) is 9.24. The van der Waals surface area contributed by atoms with Crippen LogP contribution in [0.25, 0.3) is 0 Å². The van der Waals surface area contributed by atoms with Crippen LogP contribution < -0.4 is 5.32 Å². The quantitative estimate of drug-likeness (QED) is 0.826. The first-order valence-corrected chi connectivity index (χ1v) is 7.89. The van der Waals surface area contributed by atoms with E-state index in [1.165, 1.54) is 43.2 Å². The lowest BCUT2D eigenvalue weighted by Crippen LogP contribution is -2.28. The van der Waals surface area contributed by atoms with Crippen molar-refractivity contribution in [3.63, 3.8) is 0 Å². The van der Waals surface area contributed by atoms with E-state index in [9.17, 15) is 0 Å². The molecule has 1 heterocycles. The molecular formula is C17H28N2. The SMILES string of the molecule is CCCNC(c1cncc(C)c1)C1CCC(CC)C1. The van der Waals surface area contributed by atoms with E-state index in [-0.39, 0.29) is 0 Å². The van der Waals surface area contributed by atoms with Crippen molar-refractivity contribution in [2.45, 2.75) is 58.9 Å². The molecule has 0 aliphatic heterocycles. The van der Waals surface area contributed by atoms with Crippen molar-refractivity contribution in [1.29, 1.82) is 0 Å². The summed E-state index contributed by atoms with van der Waals surface area (Å²) < 4.78 is 0. The fourth-order valence-electron chi connectivity index (χ4n) is 3.39. The van der Waals surface area contributed by atoms with Gasteiger partial charge in [0.2, 0.25) is 0 Å². The highest BCUT2D eigenvalue weighted by molar-refractivity contribution is 5.21. The van der Waals surface area contributed by atoms with Gasteiger partial charge in [-0.05, 0) is 55.7 Å². The van der Waals surface area contributed by atoms with Crippen molar-refractivity contribution in [2.75, 3.05) is 6.54 Å². The second kappa shape index (κ2) is 7.04. The molecule has 1 aliphatic carbocycles. The van der Waals surface area contributed by atoms with Gasteiger partial charge in [0.25, 0.3) is 0 Å². The predicted molar refractivity (Wildman–Crippen MR) is 81.1 cm³/mol. The molecule has 1 aliphatic rings. The number of rotatable bonds is 6. The standard InChI is InChI=1S/C17H28N2/c1-4-8-19-17(15-7-6-14(5-2)10-15)16-9-13(3)11-18-12-16/h9,11-12,14-15,17,19H,4-8,10H2,1-3H3. The molecule has 1 aromatic heterocycles. The molecule has 0 amide bonds. The molecule has 2 nitrogen and oxygen atoms in total. The molecule has 0 radical (unpaired) electrons. The predicted octanol–water partition coefficient (Wildman–Crippen LogP) is 4.26. The van der Waals surface area contributed by atoms with Crippen LogP contribution in [0.3, 0.4) is 0 Å². The molecule has 3 atom stereocenters. The van der Waals surface area contributed by atoms with Crippen LogP contribution in [0.1, 0.15) is 63.1 Å². The topological polar surface area (TPSA) is 24.9 Å². The number of aryl methyl sites for hydroxylation is 1. The molecule has 2 rings (SSSR count). The minimum atomic E-state index is 0.504. The van der Waals surface area contributed by atoms with E-state index in [2.05, 4.69) is 43.3 Å². The van der Waals surface area contributed by atoms with Crippen LogP contribution in [-0.2, 0) is 0 Å². The maximum absolute atomic E-state index is 4.38. The molecule has 2 heteroatoms. The molecule has 1 aromatic rings. The number of hydrogen-bond donors (Lipinski definition) is 1. The van der Waals surface area contributed by atoms with E-state index in [0.717, 1.165) is 18.4 Å². The van der Waals surface area contributed by atoms with Crippen LogP contribution in [0.4, 0.5) is 0 Å². The van der Waals surface area contributed by atoms with Gasteiger partial charge in [-0.25, -0.2) is 0 Å². The van der Waals surface area contributed by atoms with Gasteiger partial charge in [-0.3, -0.25) is 4.98 Å². The molecule has 1 fully saturated rings. The molecule has 1 N–H and O–H groups in total. The van der Waals surface area contributed by atoms with Gasteiger partial charge in [-0.15, -0.1) is 0 Å². The van der Waals surface area contributed by atoms with Gasteiger partial charge in [0.1, 0.15) is 0 Å². The minimum absolute atomic E-state index is 0.504. The van der Waals surface area contributed by atoms with Crippen LogP contribution in [0, 0.1) is 18.8 Å². The molecule has 0 aromatic carbocycles. The third-order valence-electron chi connectivity index (χ3n) is 4.50. The van der Waals surface area contributed by atoms with E-state index in [4.69, 9.17) is 0 Å².